The molecule has 3 aliphatic rings. The third-order valence-electron chi connectivity index (χ3n) is 5.18. The molecule has 2 fully saturated rings. The molecule has 4 nitrogen and oxygen atoms in total. The van der Waals surface area contributed by atoms with Gasteiger partial charge in [-0.15, -0.1) is 0 Å². The van der Waals surface area contributed by atoms with Gasteiger partial charge in [-0.2, -0.15) is 0 Å². The van der Waals surface area contributed by atoms with Gasteiger partial charge >= 0.3 is 0 Å². The number of aryl methyl sites for hydroxylation is 1. The van der Waals surface area contributed by atoms with Crippen LogP contribution in [0.4, 0.5) is 5.82 Å². The first-order valence-electron chi connectivity index (χ1n) is 8.71. The Morgan fingerprint density at radius 1 is 1.05 bits per heavy atom. The Morgan fingerprint density at radius 2 is 1.95 bits per heavy atom. The topological polar surface area (TPSA) is 41.1 Å². The lowest BCUT2D eigenvalue weighted by molar-refractivity contribution is 0.561. The molecule has 1 aromatic rings. The largest absolute Gasteiger partial charge is 0.354 e. The smallest absolute Gasteiger partial charge is 0.135 e. The lowest BCUT2D eigenvalue weighted by Crippen LogP contribution is -2.40. The van der Waals surface area contributed by atoms with Crippen LogP contribution in [-0.2, 0) is 12.8 Å². The monoisotopic (exact) mass is 286 g/mol. The average Bonchev–Trinajstić information content (AvgIpc) is 3.19. The highest BCUT2D eigenvalue weighted by Crippen LogP contribution is 2.34. The fourth-order valence-electron chi connectivity index (χ4n) is 3.81. The number of rotatable bonds is 5. The Balaban J connectivity index is 1.59. The van der Waals surface area contributed by atoms with Crippen molar-refractivity contribution in [3.63, 3.8) is 0 Å². The van der Waals surface area contributed by atoms with E-state index < -0.39 is 0 Å². The molecular weight excluding hydrogens is 260 g/mol. The molecule has 4 heteroatoms. The molecule has 1 saturated heterocycles. The quantitative estimate of drug-likeness (QED) is 0.902. The summed E-state index contributed by atoms with van der Waals surface area (Å²) < 4.78 is 0. The van der Waals surface area contributed by atoms with Gasteiger partial charge in [0.15, 0.2) is 0 Å². The van der Waals surface area contributed by atoms with Gasteiger partial charge in [0.2, 0.25) is 0 Å². The molecule has 0 radical (unpaired) electrons. The van der Waals surface area contributed by atoms with Crippen LogP contribution in [0.3, 0.4) is 0 Å². The maximum atomic E-state index is 4.70. The normalized spacial score (nSPS) is 24.9. The predicted molar refractivity (Wildman–Crippen MR) is 84.6 cm³/mol. The molecule has 114 valence electrons. The minimum atomic E-state index is 0.651. The molecule has 1 saturated carbocycles. The van der Waals surface area contributed by atoms with Crippen molar-refractivity contribution in [1.29, 1.82) is 0 Å². The number of nitrogens with one attached hydrogen (secondary N) is 1. The first-order chi connectivity index (χ1) is 10.4. The van der Waals surface area contributed by atoms with Crippen LogP contribution in [0.25, 0.3) is 0 Å². The molecule has 1 aromatic heterocycles. The Hall–Kier alpha value is -1.16. The highest BCUT2D eigenvalue weighted by Gasteiger charge is 2.29. The van der Waals surface area contributed by atoms with Crippen LogP contribution in [0.2, 0.25) is 0 Å². The average molecular weight is 286 g/mol. The van der Waals surface area contributed by atoms with E-state index in [0.717, 1.165) is 18.9 Å². The molecule has 4 rings (SSSR count). The van der Waals surface area contributed by atoms with E-state index in [-0.39, 0.29) is 0 Å². The summed E-state index contributed by atoms with van der Waals surface area (Å²) in [5, 5.41) is 3.65. The van der Waals surface area contributed by atoms with Crippen molar-refractivity contribution in [2.24, 2.45) is 5.92 Å². The van der Waals surface area contributed by atoms with Gasteiger partial charge in [-0.05, 0) is 63.8 Å². The van der Waals surface area contributed by atoms with Crippen LogP contribution in [0, 0.1) is 5.92 Å². The van der Waals surface area contributed by atoms with Crippen LogP contribution in [0.15, 0.2) is 6.33 Å². The Bertz CT molecular complexity index is 492. The van der Waals surface area contributed by atoms with Crippen LogP contribution < -0.4 is 10.2 Å². The number of aromatic nitrogens is 2. The van der Waals surface area contributed by atoms with Gasteiger partial charge in [0, 0.05) is 30.4 Å². The van der Waals surface area contributed by atoms with Crippen molar-refractivity contribution in [1.82, 2.24) is 15.3 Å². The molecule has 0 amide bonds. The summed E-state index contributed by atoms with van der Waals surface area (Å²) in [6, 6.07) is 0.651. The molecule has 0 aromatic carbocycles. The lowest BCUT2D eigenvalue weighted by atomic mass is 9.96. The summed E-state index contributed by atoms with van der Waals surface area (Å²) in [5.74, 6) is 2.15. The highest BCUT2D eigenvalue weighted by atomic mass is 15.2. The summed E-state index contributed by atoms with van der Waals surface area (Å²) in [6.07, 6.45) is 12.1. The van der Waals surface area contributed by atoms with Crippen molar-refractivity contribution < 1.29 is 0 Å². The van der Waals surface area contributed by atoms with Crippen molar-refractivity contribution >= 4 is 5.82 Å². The molecule has 2 aliphatic carbocycles. The summed E-state index contributed by atoms with van der Waals surface area (Å²) in [7, 11) is 0. The van der Waals surface area contributed by atoms with E-state index in [1.54, 1.807) is 6.33 Å². The predicted octanol–water partition coefficient (Wildman–Crippen LogP) is 2.32. The third-order valence-corrected chi connectivity index (χ3v) is 5.18. The van der Waals surface area contributed by atoms with E-state index in [1.165, 1.54) is 75.1 Å². The third kappa shape index (κ3) is 3.05. The zero-order valence-corrected chi connectivity index (χ0v) is 12.9. The van der Waals surface area contributed by atoms with Crippen molar-refractivity contribution in [3.8, 4) is 0 Å². The van der Waals surface area contributed by atoms with E-state index in [1.807, 2.05) is 0 Å². The number of hydrogen-bond acceptors (Lipinski definition) is 4. The van der Waals surface area contributed by atoms with E-state index in [9.17, 15) is 0 Å². The Kier molecular flexibility index (Phi) is 3.80. The maximum Gasteiger partial charge on any atom is 0.135 e. The standard InChI is InChI=1S/C17H26N4/c1-2-6-16-15(5-1)17(20-12-19-16)21(10-13-7-8-13)11-14-4-3-9-18-14/h12-14,18H,1-11H2. The zero-order valence-electron chi connectivity index (χ0n) is 12.9. The van der Waals surface area contributed by atoms with Crippen LogP contribution >= 0.6 is 0 Å². The van der Waals surface area contributed by atoms with Crippen LogP contribution in [0.1, 0.15) is 49.8 Å². The molecule has 1 atom stereocenters. The van der Waals surface area contributed by atoms with Crippen molar-refractivity contribution in [3.05, 3.63) is 17.6 Å². The Morgan fingerprint density at radius 3 is 2.76 bits per heavy atom. The van der Waals surface area contributed by atoms with Gasteiger partial charge in [-0.1, -0.05) is 0 Å². The summed E-state index contributed by atoms with van der Waals surface area (Å²) in [5.41, 5.74) is 2.76. The fourth-order valence-corrected chi connectivity index (χ4v) is 3.81. The van der Waals surface area contributed by atoms with Crippen LogP contribution in [0.5, 0.6) is 0 Å². The van der Waals surface area contributed by atoms with Crippen LogP contribution in [-0.4, -0.2) is 35.6 Å². The molecule has 1 N–H and O–H groups in total. The molecule has 0 spiro atoms. The second kappa shape index (κ2) is 5.91. The first-order valence-corrected chi connectivity index (χ1v) is 8.71. The minimum absolute atomic E-state index is 0.651. The number of hydrogen-bond donors (Lipinski definition) is 1. The number of fused-ring (bicyclic) bond motifs is 1. The van der Waals surface area contributed by atoms with Gasteiger partial charge in [0.25, 0.3) is 0 Å². The van der Waals surface area contributed by atoms with Gasteiger partial charge in [-0.3, -0.25) is 0 Å². The second-order valence-corrected chi connectivity index (χ2v) is 6.97. The first kappa shape index (κ1) is 13.5. The highest BCUT2D eigenvalue weighted by molar-refractivity contribution is 5.50. The number of anilines is 1. The van der Waals surface area contributed by atoms with E-state index in [0.29, 0.717) is 6.04 Å². The van der Waals surface area contributed by atoms with Gasteiger partial charge < -0.3 is 10.2 Å². The Labute approximate surface area is 127 Å². The molecule has 1 unspecified atom stereocenters. The summed E-state index contributed by atoms with van der Waals surface area (Å²) in [6.45, 7) is 3.51. The lowest BCUT2D eigenvalue weighted by Gasteiger charge is -2.30. The number of nitrogens with zero attached hydrogens (tertiary/aromatic N) is 3. The van der Waals surface area contributed by atoms with E-state index in [2.05, 4.69) is 15.2 Å². The summed E-state index contributed by atoms with van der Waals surface area (Å²) in [4.78, 5) is 11.8. The molecule has 0 bridgehead atoms. The van der Waals surface area contributed by atoms with Crippen molar-refractivity contribution in [2.75, 3.05) is 24.5 Å². The zero-order chi connectivity index (χ0) is 14.1. The van der Waals surface area contributed by atoms with E-state index >= 15 is 0 Å². The minimum Gasteiger partial charge on any atom is -0.354 e. The molecular formula is C17H26N4. The van der Waals surface area contributed by atoms with Gasteiger partial charge in [-0.25, -0.2) is 9.97 Å². The molecule has 1 aliphatic heterocycles. The van der Waals surface area contributed by atoms with Crippen molar-refractivity contribution in [2.45, 2.75) is 57.4 Å². The summed E-state index contributed by atoms with van der Waals surface area (Å²) >= 11 is 0. The molecule has 2 heterocycles. The maximum absolute atomic E-state index is 4.70. The second-order valence-electron chi connectivity index (χ2n) is 6.97. The fraction of sp³-hybridized carbons (Fsp3) is 0.765. The van der Waals surface area contributed by atoms with Gasteiger partial charge in [0.1, 0.15) is 12.1 Å². The SMILES string of the molecule is c1nc2c(c(N(CC3CC3)CC3CCCN3)n1)CCCC2. The van der Waals surface area contributed by atoms with Gasteiger partial charge in [0.05, 0.1) is 0 Å². The van der Waals surface area contributed by atoms with E-state index in [4.69, 9.17) is 4.98 Å². The molecule has 21 heavy (non-hydrogen) atoms.